The molecule has 1 amide bonds. The van der Waals surface area contributed by atoms with Gasteiger partial charge in [-0.25, -0.2) is 0 Å². The van der Waals surface area contributed by atoms with Crippen molar-refractivity contribution in [2.45, 2.75) is 18.4 Å². The van der Waals surface area contributed by atoms with Gasteiger partial charge in [-0.1, -0.05) is 18.2 Å². The van der Waals surface area contributed by atoms with E-state index in [2.05, 4.69) is 23.5 Å². The maximum Gasteiger partial charge on any atom is 0.256 e. The molecule has 5 rings (SSSR count). The Morgan fingerprint density at radius 3 is 3.11 bits per heavy atom. The van der Waals surface area contributed by atoms with E-state index in [0.717, 1.165) is 24.1 Å². The first-order valence-corrected chi connectivity index (χ1v) is 6.51. The zero-order valence-electron chi connectivity index (χ0n) is 9.81. The Hall–Kier alpha value is -1.90. The summed E-state index contributed by atoms with van der Waals surface area (Å²) in [7, 11) is 0. The van der Waals surface area contributed by atoms with Gasteiger partial charge in [-0.05, 0) is 30.6 Å². The summed E-state index contributed by atoms with van der Waals surface area (Å²) in [5.41, 5.74) is 4.31. The highest BCUT2D eigenvalue weighted by molar-refractivity contribution is 6.05. The molecule has 3 nitrogen and oxygen atoms in total. The first-order valence-electron chi connectivity index (χ1n) is 6.51. The second-order valence-corrected chi connectivity index (χ2v) is 5.65. The molecule has 2 fully saturated rings. The summed E-state index contributed by atoms with van der Waals surface area (Å²) in [5, 5.41) is 2.96. The molecule has 0 aromatic carbocycles. The third-order valence-corrected chi connectivity index (χ3v) is 4.59. The maximum absolute atomic E-state index is 11.9. The average Bonchev–Trinajstić information content (AvgIpc) is 3.23. The summed E-state index contributed by atoms with van der Waals surface area (Å²) in [6.45, 7) is 0. The fourth-order valence-corrected chi connectivity index (χ4v) is 3.58. The second-order valence-electron chi connectivity index (χ2n) is 5.65. The molecule has 0 aromatic rings. The van der Waals surface area contributed by atoms with Crippen molar-refractivity contribution in [1.29, 1.82) is 0 Å². The van der Waals surface area contributed by atoms with Crippen LogP contribution >= 0.6 is 0 Å². The van der Waals surface area contributed by atoms with Crippen molar-refractivity contribution in [1.82, 2.24) is 5.32 Å². The van der Waals surface area contributed by atoms with Crippen LogP contribution in [0.5, 0.6) is 0 Å². The largest absolute Gasteiger partial charge is 0.322 e. The molecule has 0 saturated heterocycles. The van der Waals surface area contributed by atoms with Crippen LogP contribution in [-0.4, -0.2) is 17.2 Å². The molecule has 3 unspecified atom stereocenters. The molecule has 1 heterocycles. The normalized spacial score (nSPS) is 41.2. The van der Waals surface area contributed by atoms with Gasteiger partial charge in [0.05, 0.1) is 5.54 Å². The van der Waals surface area contributed by atoms with Crippen LogP contribution in [0.3, 0.4) is 0 Å². The Labute approximate surface area is 105 Å². The van der Waals surface area contributed by atoms with Crippen LogP contribution < -0.4 is 5.32 Å². The molecule has 0 bridgehead atoms. The Bertz CT molecular complexity index is 656. The number of nitrogens with one attached hydrogen (secondary N) is 1. The summed E-state index contributed by atoms with van der Waals surface area (Å²) < 4.78 is 0. The van der Waals surface area contributed by atoms with E-state index < -0.39 is 0 Å². The minimum absolute atomic E-state index is 0.0386. The number of allylic oxidation sites excluding steroid dienone is 3. The van der Waals surface area contributed by atoms with Gasteiger partial charge in [0.25, 0.3) is 5.91 Å². The maximum atomic E-state index is 11.9. The molecule has 5 aliphatic rings. The van der Waals surface area contributed by atoms with Gasteiger partial charge in [0, 0.05) is 28.8 Å². The molecule has 88 valence electrons. The molecular weight excluding hydrogens is 224 g/mol. The number of carbonyl (C=O) groups is 1. The number of aliphatic imine (C=N–C) groups is 1. The lowest BCUT2D eigenvalue weighted by Crippen LogP contribution is -2.16. The number of hydrogen-bond donors (Lipinski definition) is 1. The quantitative estimate of drug-likeness (QED) is 0.739. The van der Waals surface area contributed by atoms with E-state index in [9.17, 15) is 4.79 Å². The highest BCUT2D eigenvalue weighted by Gasteiger charge is 2.67. The lowest BCUT2D eigenvalue weighted by atomic mass is 9.94. The minimum atomic E-state index is -0.0625. The van der Waals surface area contributed by atoms with Crippen LogP contribution in [0.1, 0.15) is 12.8 Å². The van der Waals surface area contributed by atoms with E-state index in [-0.39, 0.29) is 11.4 Å². The standard InChI is InChI=1S/C15H12N2O/c18-14-9-2-1-3-10-13-12(9)11(16-14)6-7-15(10,13)17-8-4-5-8/h1-3,6-7,10,13H,4-5H2,(H,16,18). The third kappa shape index (κ3) is 0.891. The number of rotatable bonds is 1. The molecule has 1 aliphatic heterocycles. The van der Waals surface area contributed by atoms with Crippen LogP contribution in [0.2, 0.25) is 0 Å². The van der Waals surface area contributed by atoms with Gasteiger partial charge in [-0.2, -0.15) is 0 Å². The van der Waals surface area contributed by atoms with E-state index in [1.54, 1.807) is 0 Å². The molecule has 0 spiro atoms. The molecule has 0 aromatic heterocycles. The fraction of sp³-hybridized carbons (Fsp3) is 0.333. The smallest absolute Gasteiger partial charge is 0.256 e. The number of hydrogen-bond acceptors (Lipinski definition) is 2. The molecule has 3 heteroatoms. The number of carbonyl (C=O) groups excluding carboxylic acids is 1. The summed E-state index contributed by atoms with van der Waals surface area (Å²) in [6.07, 6.45) is 12.8. The van der Waals surface area contributed by atoms with E-state index in [0.29, 0.717) is 11.8 Å². The second kappa shape index (κ2) is 2.58. The SMILES string of the molecule is O=C1NC2=C3C1=CC=CC1C3C1(N=C1CC1)C=C2. The Morgan fingerprint density at radius 2 is 2.28 bits per heavy atom. The first-order chi connectivity index (χ1) is 8.79. The van der Waals surface area contributed by atoms with Crippen LogP contribution in [0.25, 0.3) is 0 Å². The third-order valence-electron chi connectivity index (χ3n) is 4.59. The van der Waals surface area contributed by atoms with Crippen molar-refractivity contribution in [3.8, 4) is 0 Å². The van der Waals surface area contributed by atoms with Gasteiger partial charge in [-0.15, -0.1) is 0 Å². The van der Waals surface area contributed by atoms with Crippen molar-refractivity contribution in [2.24, 2.45) is 16.8 Å². The van der Waals surface area contributed by atoms with Crippen LogP contribution in [0.4, 0.5) is 0 Å². The van der Waals surface area contributed by atoms with Crippen LogP contribution in [0.15, 0.2) is 52.2 Å². The monoisotopic (exact) mass is 236 g/mol. The summed E-state index contributed by atoms with van der Waals surface area (Å²) in [6, 6.07) is 0. The van der Waals surface area contributed by atoms with Crippen LogP contribution in [-0.2, 0) is 4.79 Å². The van der Waals surface area contributed by atoms with Gasteiger partial charge in [-0.3, -0.25) is 9.79 Å². The molecule has 1 N–H and O–H groups in total. The van der Waals surface area contributed by atoms with Crippen molar-refractivity contribution in [2.75, 3.05) is 0 Å². The lowest BCUT2D eigenvalue weighted by Gasteiger charge is -2.14. The van der Waals surface area contributed by atoms with E-state index in [4.69, 9.17) is 4.99 Å². The van der Waals surface area contributed by atoms with Crippen molar-refractivity contribution < 1.29 is 4.79 Å². The molecule has 3 atom stereocenters. The van der Waals surface area contributed by atoms with Crippen molar-refractivity contribution in [3.05, 3.63) is 47.2 Å². The van der Waals surface area contributed by atoms with Crippen molar-refractivity contribution in [3.63, 3.8) is 0 Å². The molecule has 2 saturated carbocycles. The topological polar surface area (TPSA) is 41.5 Å². The highest BCUT2D eigenvalue weighted by atomic mass is 16.2. The van der Waals surface area contributed by atoms with E-state index in [1.807, 2.05) is 12.2 Å². The number of fused-ring (bicyclic) bond motifs is 1. The molecule has 4 aliphatic carbocycles. The Kier molecular flexibility index (Phi) is 1.30. The number of nitrogens with zero attached hydrogens (tertiary/aromatic N) is 1. The minimum Gasteiger partial charge on any atom is -0.322 e. The molecular formula is C15H12N2O. The highest BCUT2D eigenvalue weighted by Crippen LogP contribution is 2.65. The zero-order valence-corrected chi connectivity index (χ0v) is 9.81. The average molecular weight is 236 g/mol. The predicted octanol–water partition coefficient (Wildman–Crippen LogP) is 1.66. The van der Waals surface area contributed by atoms with Crippen LogP contribution in [0, 0.1) is 11.8 Å². The molecule has 18 heavy (non-hydrogen) atoms. The van der Waals surface area contributed by atoms with E-state index >= 15 is 0 Å². The first kappa shape index (κ1) is 9.09. The predicted molar refractivity (Wildman–Crippen MR) is 67.9 cm³/mol. The van der Waals surface area contributed by atoms with Crippen molar-refractivity contribution >= 4 is 11.6 Å². The Balaban J connectivity index is 1.72. The van der Waals surface area contributed by atoms with Gasteiger partial charge in [0.15, 0.2) is 0 Å². The van der Waals surface area contributed by atoms with Gasteiger partial charge < -0.3 is 5.32 Å². The summed E-state index contributed by atoms with van der Waals surface area (Å²) >= 11 is 0. The number of amides is 1. The fourth-order valence-electron chi connectivity index (χ4n) is 3.58. The van der Waals surface area contributed by atoms with Gasteiger partial charge in [0.1, 0.15) is 0 Å². The van der Waals surface area contributed by atoms with E-state index in [1.165, 1.54) is 11.3 Å². The van der Waals surface area contributed by atoms with Gasteiger partial charge >= 0.3 is 0 Å². The van der Waals surface area contributed by atoms with Gasteiger partial charge in [0.2, 0.25) is 0 Å². The molecule has 0 radical (unpaired) electrons. The zero-order chi connectivity index (χ0) is 11.9. The lowest BCUT2D eigenvalue weighted by molar-refractivity contribution is -0.116. The summed E-state index contributed by atoms with van der Waals surface area (Å²) in [5.74, 6) is 0.863. The summed E-state index contributed by atoms with van der Waals surface area (Å²) in [4.78, 5) is 16.9. The Morgan fingerprint density at radius 1 is 1.39 bits per heavy atom.